The molecule has 1 aliphatic rings. The summed E-state index contributed by atoms with van der Waals surface area (Å²) in [5.41, 5.74) is 0.297. The van der Waals surface area contributed by atoms with Crippen LogP contribution < -0.4 is 10.6 Å². The maximum Gasteiger partial charge on any atom is 0.337 e. The molecule has 7 nitrogen and oxygen atoms in total. The molecule has 7 heteroatoms. The Morgan fingerprint density at radius 3 is 2.41 bits per heavy atom. The van der Waals surface area contributed by atoms with Crippen LogP contribution in [0.2, 0.25) is 0 Å². The lowest BCUT2D eigenvalue weighted by molar-refractivity contribution is -0.130. The van der Waals surface area contributed by atoms with Gasteiger partial charge in [-0.2, -0.15) is 0 Å². The summed E-state index contributed by atoms with van der Waals surface area (Å²) in [5.74, 6) is -0.881. The van der Waals surface area contributed by atoms with Gasteiger partial charge in [0.1, 0.15) is 11.2 Å². The van der Waals surface area contributed by atoms with Gasteiger partial charge in [0.15, 0.2) is 0 Å². The predicted molar refractivity (Wildman–Crippen MR) is 121 cm³/mol. The number of esters is 1. The highest BCUT2D eigenvalue weighted by Gasteiger charge is 2.45. The van der Waals surface area contributed by atoms with E-state index in [1.165, 1.54) is 7.11 Å². The number of benzene rings is 1. The third kappa shape index (κ3) is 5.52. The zero-order valence-corrected chi connectivity index (χ0v) is 19.1. The third-order valence-electron chi connectivity index (χ3n) is 5.73. The Morgan fingerprint density at radius 1 is 1.09 bits per heavy atom. The lowest BCUT2D eigenvalue weighted by Gasteiger charge is -2.42. The highest BCUT2D eigenvalue weighted by molar-refractivity contribution is 5.98. The fraction of sp³-hybridized carbons (Fsp3) is 0.440. The van der Waals surface area contributed by atoms with Crippen molar-refractivity contribution in [2.75, 3.05) is 7.11 Å². The number of aromatic nitrogens is 1. The highest BCUT2D eigenvalue weighted by atomic mass is 16.5. The number of hydrogen-bond donors (Lipinski definition) is 2. The van der Waals surface area contributed by atoms with Crippen molar-refractivity contribution in [2.24, 2.45) is 0 Å². The van der Waals surface area contributed by atoms with Crippen molar-refractivity contribution in [3.63, 3.8) is 0 Å². The minimum Gasteiger partial charge on any atom is -0.465 e. The van der Waals surface area contributed by atoms with Gasteiger partial charge >= 0.3 is 5.97 Å². The first kappa shape index (κ1) is 23.4. The first-order valence-corrected chi connectivity index (χ1v) is 10.9. The fourth-order valence-electron chi connectivity index (χ4n) is 4.18. The van der Waals surface area contributed by atoms with Crippen LogP contribution in [0, 0.1) is 0 Å². The van der Waals surface area contributed by atoms with Crippen molar-refractivity contribution in [1.82, 2.24) is 15.6 Å². The standard InChI is InChI=1S/C25H31N3O4/c1-24(2,3)28-23(31)25(27-21(29)20-9-5-6-15-26-20)14-7-8-19(16-25)17-10-12-18(13-11-17)22(30)32-4/h5-6,9-13,15,19H,7-8,14,16H2,1-4H3,(H,27,29)(H,28,31). The van der Waals surface area contributed by atoms with Gasteiger partial charge < -0.3 is 15.4 Å². The molecule has 1 aliphatic carbocycles. The van der Waals surface area contributed by atoms with Crippen LogP contribution in [0.4, 0.5) is 0 Å². The SMILES string of the molecule is COC(=O)c1ccc(C2CCCC(NC(=O)c3ccccn3)(C(=O)NC(C)(C)C)C2)cc1. The second kappa shape index (κ2) is 9.51. The van der Waals surface area contributed by atoms with Gasteiger partial charge in [-0.25, -0.2) is 4.79 Å². The molecule has 1 aromatic heterocycles. The van der Waals surface area contributed by atoms with Crippen LogP contribution in [0.3, 0.4) is 0 Å². The van der Waals surface area contributed by atoms with E-state index in [4.69, 9.17) is 4.74 Å². The molecule has 0 spiro atoms. The molecule has 2 amide bonds. The minimum absolute atomic E-state index is 0.0604. The molecule has 1 saturated carbocycles. The number of carbonyl (C=O) groups excluding carboxylic acids is 3. The lowest BCUT2D eigenvalue weighted by atomic mass is 9.72. The maximum absolute atomic E-state index is 13.5. The van der Waals surface area contributed by atoms with Crippen molar-refractivity contribution in [2.45, 2.75) is 63.5 Å². The Morgan fingerprint density at radius 2 is 1.81 bits per heavy atom. The normalized spacial score (nSPS) is 20.8. The molecule has 1 aromatic carbocycles. The van der Waals surface area contributed by atoms with Gasteiger partial charge in [-0.15, -0.1) is 0 Å². The number of amides is 2. The molecular weight excluding hydrogens is 406 g/mol. The number of nitrogens with zero attached hydrogens (tertiary/aromatic N) is 1. The predicted octanol–water partition coefficient (Wildman–Crippen LogP) is 3.61. The Bertz CT molecular complexity index is 967. The van der Waals surface area contributed by atoms with Crippen LogP contribution in [-0.2, 0) is 9.53 Å². The van der Waals surface area contributed by atoms with E-state index in [0.717, 1.165) is 18.4 Å². The van der Waals surface area contributed by atoms with Crippen molar-refractivity contribution < 1.29 is 19.1 Å². The second-order valence-corrected chi connectivity index (χ2v) is 9.36. The van der Waals surface area contributed by atoms with E-state index in [-0.39, 0.29) is 29.4 Å². The summed E-state index contributed by atoms with van der Waals surface area (Å²) in [5, 5.41) is 6.08. The van der Waals surface area contributed by atoms with Crippen molar-refractivity contribution in [3.8, 4) is 0 Å². The van der Waals surface area contributed by atoms with Gasteiger partial charge in [-0.1, -0.05) is 18.2 Å². The minimum atomic E-state index is -1.05. The van der Waals surface area contributed by atoms with E-state index in [0.29, 0.717) is 18.4 Å². The maximum atomic E-state index is 13.5. The number of carbonyl (C=O) groups is 3. The molecule has 1 fully saturated rings. The molecule has 2 atom stereocenters. The average molecular weight is 438 g/mol. The summed E-state index contributed by atoms with van der Waals surface area (Å²) in [4.78, 5) is 42.3. The third-order valence-corrected chi connectivity index (χ3v) is 5.73. The Hall–Kier alpha value is -3.22. The molecule has 2 unspecified atom stereocenters. The van der Waals surface area contributed by atoms with Crippen molar-refractivity contribution >= 4 is 17.8 Å². The van der Waals surface area contributed by atoms with Crippen molar-refractivity contribution in [1.29, 1.82) is 0 Å². The fourth-order valence-corrected chi connectivity index (χ4v) is 4.18. The number of hydrogen-bond acceptors (Lipinski definition) is 5. The smallest absolute Gasteiger partial charge is 0.337 e. The van der Waals surface area contributed by atoms with Crippen LogP contribution >= 0.6 is 0 Å². The first-order chi connectivity index (χ1) is 15.1. The number of nitrogens with one attached hydrogen (secondary N) is 2. The molecule has 2 aromatic rings. The van der Waals surface area contributed by atoms with Crippen LogP contribution in [0.15, 0.2) is 48.7 Å². The summed E-state index contributed by atoms with van der Waals surface area (Å²) >= 11 is 0. The number of pyridine rings is 1. The molecule has 0 radical (unpaired) electrons. The largest absolute Gasteiger partial charge is 0.465 e. The zero-order valence-electron chi connectivity index (χ0n) is 19.1. The summed E-state index contributed by atoms with van der Waals surface area (Å²) in [6.45, 7) is 5.76. The summed E-state index contributed by atoms with van der Waals surface area (Å²) < 4.78 is 4.77. The monoisotopic (exact) mass is 437 g/mol. The van der Waals surface area contributed by atoms with Gasteiger partial charge in [0, 0.05) is 11.7 Å². The Kier molecular flexibility index (Phi) is 6.96. The number of ether oxygens (including phenoxy) is 1. The quantitative estimate of drug-likeness (QED) is 0.697. The van der Waals surface area contributed by atoms with Crippen LogP contribution in [0.25, 0.3) is 0 Å². The first-order valence-electron chi connectivity index (χ1n) is 10.9. The van der Waals surface area contributed by atoms with Crippen molar-refractivity contribution in [3.05, 3.63) is 65.5 Å². The molecule has 32 heavy (non-hydrogen) atoms. The topological polar surface area (TPSA) is 97.4 Å². The van der Waals surface area contributed by atoms with Crippen LogP contribution in [0.1, 0.15) is 78.8 Å². The van der Waals surface area contributed by atoms with Gasteiger partial charge in [0.2, 0.25) is 5.91 Å². The summed E-state index contributed by atoms with van der Waals surface area (Å²) in [6, 6.07) is 12.4. The molecule has 0 aliphatic heterocycles. The Balaban J connectivity index is 1.89. The van der Waals surface area contributed by atoms with E-state index >= 15 is 0 Å². The van der Waals surface area contributed by atoms with Gasteiger partial charge in [0.25, 0.3) is 5.91 Å². The second-order valence-electron chi connectivity index (χ2n) is 9.36. The van der Waals surface area contributed by atoms with E-state index in [9.17, 15) is 14.4 Å². The van der Waals surface area contributed by atoms with Crippen LogP contribution in [-0.4, -0.2) is 41.0 Å². The molecule has 2 N–H and O–H groups in total. The number of methoxy groups -OCH3 is 1. The van der Waals surface area contributed by atoms with E-state index < -0.39 is 11.1 Å². The molecule has 3 rings (SSSR count). The van der Waals surface area contributed by atoms with E-state index in [2.05, 4.69) is 15.6 Å². The molecule has 0 saturated heterocycles. The molecule has 170 valence electrons. The summed E-state index contributed by atoms with van der Waals surface area (Å²) in [6.07, 6.45) is 4.24. The average Bonchev–Trinajstić information content (AvgIpc) is 2.78. The van der Waals surface area contributed by atoms with E-state index in [1.807, 2.05) is 32.9 Å². The number of rotatable bonds is 5. The van der Waals surface area contributed by atoms with Gasteiger partial charge in [0.05, 0.1) is 12.7 Å². The molecular formula is C25H31N3O4. The Labute approximate surface area is 189 Å². The van der Waals surface area contributed by atoms with Gasteiger partial charge in [-0.05, 0) is 82.2 Å². The van der Waals surface area contributed by atoms with E-state index in [1.54, 1.807) is 36.5 Å². The summed E-state index contributed by atoms with van der Waals surface area (Å²) in [7, 11) is 1.35. The zero-order chi connectivity index (χ0) is 23.4. The molecule has 0 bridgehead atoms. The lowest BCUT2D eigenvalue weighted by Crippen LogP contribution is -2.63. The van der Waals surface area contributed by atoms with Crippen LogP contribution in [0.5, 0.6) is 0 Å². The highest BCUT2D eigenvalue weighted by Crippen LogP contribution is 2.39. The van der Waals surface area contributed by atoms with Gasteiger partial charge in [-0.3, -0.25) is 14.6 Å². The molecule has 1 heterocycles.